The Morgan fingerprint density at radius 2 is 1.76 bits per heavy atom. The van der Waals surface area contributed by atoms with Crippen molar-refractivity contribution in [1.82, 2.24) is 19.4 Å². The number of fused-ring (bicyclic) bond motifs is 1. The number of nitrogens with zero attached hydrogens (tertiary/aromatic N) is 6. The largest absolute Gasteiger partial charge is 0.355 e. The van der Waals surface area contributed by atoms with Crippen molar-refractivity contribution in [2.45, 2.75) is 46.6 Å². The van der Waals surface area contributed by atoms with Crippen molar-refractivity contribution in [3.8, 4) is 5.69 Å². The van der Waals surface area contributed by atoms with Crippen molar-refractivity contribution in [3.05, 3.63) is 63.6 Å². The van der Waals surface area contributed by atoms with Crippen molar-refractivity contribution in [2.24, 2.45) is 5.92 Å². The second kappa shape index (κ2) is 10.4. The van der Waals surface area contributed by atoms with Gasteiger partial charge in [-0.15, -0.1) is 0 Å². The van der Waals surface area contributed by atoms with Crippen molar-refractivity contribution in [1.29, 1.82) is 0 Å². The molecule has 1 amide bonds. The lowest BCUT2D eigenvalue weighted by molar-refractivity contribution is -0.126. The van der Waals surface area contributed by atoms with Gasteiger partial charge in [0.05, 0.1) is 16.1 Å². The second-order valence-electron chi connectivity index (χ2n) is 10.4. The van der Waals surface area contributed by atoms with Crippen LogP contribution in [-0.4, -0.2) is 64.1 Å². The van der Waals surface area contributed by atoms with Crippen molar-refractivity contribution in [3.63, 3.8) is 0 Å². The minimum absolute atomic E-state index is 0.0533. The van der Waals surface area contributed by atoms with Crippen LogP contribution in [0.1, 0.15) is 38.8 Å². The Labute approximate surface area is 228 Å². The zero-order valence-corrected chi connectivity index (χ0v) is 23.3. The lowest BCUT2D eigenvalue weighted by Gasteiger charge is -2.41. The van der Waals surface area contributed by atoms with Crippen LogP contribution in [0.4, 0.5) is 11.6 Å². The van der Waals surface area contributed by atoms with E-state index in [0.717, 1.165) is 48.1 Å². The van der Waals surface area contributed by atoms with E-state index in [1.165, 1.54) is 6.08 Å². The first-order valence-corrected chi connectivity index (χ1v) is 13.8. The fourth-order valence-corrected chi connectivity index (χ4v) is 5.99. The zero-order valence-electron chi connectivity index (χ0n) is 22.6. The van der Waals surface area contributed by atoms with Crippen molar-refractivity contribution in [2.75, 3.05) is 42.5 Å². The molecule has 9 heteroatoms. The van der Waals surface area contributed by atoms with Crippen molar-refractivity contribution >= 4 is 40.2 Å². The number of aryl methyl sites for hydroxylation is 2. The maximum absolute atomic E-state index is 13.9. The number of piperazine rings is 1. The Kier molecular flexibility index (Phi) is 7.18. The molecule has 0 radical (unpaired) electrons. The summed E-state index contributed by atoms with van der Waals surface area (Å²) in [5.41, 5.74) is 3.20. The normalized spacial score (nSPS) is 18.1. The maximum atomic E-state index is 13.9. The first-order valence-electron chi connectivity index (χ1n) is 13.4. The lowest BCUT2D eigenvalue weighted by Crippen LogP contribution is -2.54. The Hall–Kier alpha value is -3.39. The summed E-state index contributed by atoms with van der Waals surface area (Å²) in [6.07, 6.45) is 2.90. The molecule has 2 fully saturated rings. The smallest absolute Gasteiger partial charge is 0.355 e. The van der Waals surface area contributed by atoms with E-state index < -0.39 is 0 Å². The molecule has 0 spiro atoms. The van der Waals surface area contributed by atoms with Gasteiger partial charge >= 0.3 is 5.69 Å². The van der Waals surface area contributed by atoms with Crippen LogP contribution in [0.5, 0.6) is 0 Å². The molecule has 1 aromatic carbocycles. The van der Waals surface area contributed by atoms with Crippen molar-refractivity contribution < 1.29 is 4.79 Å². The highest BCUT2D eigenvalue weighted by molar-refractivity contribution is 6.33. The number of carbonyl (C=O) groups excluding carboxylic acids is 1. The third-order valence-corrected chi connectivity index (χ3v) is 8.00. The lowest BCUT2D eigenvalue weighted by atomic mass is 10.0. The van der Waals surface area contributed by atoms with E-state index >= 15 is 0 Å². The molecule has 0 aliphatic carbocycles. The highest BCUT2D eigenvalue weighted by atomic mass is 35.5. The summed E-state index contributed by atoms with van der Waals surface area (Å²) in [4.78, 5) is 41.9. The molecule has 2 aliphatic heterocycles. The molecule has 2 saturated heterocycles. The van der Waals surface area contributed by atoms with E-state index in [0.29, 0.717) is 47.9 Å². The van der Waals surface area contributed by atoms with Crippen LogP contribution in [0.3, 0.4) is 0 Å². The highest BCUT2D eigenvalue weighted by Gasteiger charge is 2.31. The van der Waals surface area contributed by atoms with Gasteiger partial charge < -0.3 is 14.7 Å². The third-order valence-electron chi connectivity index (χ3n) is 7.72. The molecule has 0 saturated carbocycles. The van der Waals surface area contributed by atoms with E-state index in [1.54, 1.807) is 9.47 Å². The Balaban J connectivity index is 1.74. The quantitative estimate of drug-likeness (QED) is 0.440. The van der Waals surface area contributed by atoms with Crippen LogP contribution in [0.15, 0.2) is 41.7 Å². The van der Waals surface area contributed by atoms with E-state index in [4.69, 9.17) is 16.6 Å². The van der Waals surface area contributed by atoms with Gasteiger partial charge in [-0.1, -0.05) is 57.2 Å². The Morgan fingerprint density at radius 3 is 2.34 bits per heavy atom. The fourth-order valence-electron chi connectivity index (χ4n) is 5.71. The van der Waals surface area contributed by atoms with Gasteiger partial charge in [-0.2, -0.15) is 4.98 Å². The molecule has 200 valence electrons. The number of halogens is 1. The number of amides is 1. The van der Waals surface area contributed by atoms with Gasteiger partial charge in [-0.25, -0.2) is 14.3 Å². The van der Waals surface area contributed by atoms with Crippen LogP contribution in [0.25, 0.3) is 16.7 Å². The van der Waals surface area contributed by atoms with Crippen LogP contribution in [0, 0.1) is 5.92 Å². The van der Waals surface area contributed by atoms with Crippen LogP contribution in [0.2, 0.25) is 5.02 Å². The van der Waals surface area contributed by atoms with Gasteiger partial charge in [0.1, 0.15) is 11.6 Å². The molecule has 2 aliphatic rings. The Bertz CT molecular complexity index is 1440. The monoisotopic (exact) mass is 534 g/mol. The number of carbonyl (C=O) groups is 1. The zero-order chi connectivity index (χ0) is 27.1. The van der Waals surface area contributed by atoms with Gasteiger partial charge in [0, 0.05) is 38.8 Å². The van der Waals surface area contributed by atoms with Gasteiger partial charge in [0.25, 0.3) is 0 Å². The number of pyridine rings is 1. The fraction of sp³-hybridized carbons (Fsp3) is 0.448. The number of benzene rings is 1. The summed E-state index contributed by atoms with van der Waals surface area (Å²) in [5, 5.41) is 1.28. The summed E-state index contributed by atoms with van der Waals surface area (Å²) in [5.74, 6) is 1.74. The average molecular weight is 535 g/mol. The topological polar surface area (TPSA) is 74.6 Å². The first-order chi connectivity index (χ1) is 18.3. The summed E-state index contributed by atoms with van der Waals surface area (Å²) < 4.78 is 1.68. The van der Waals surface area contributed by atoms with Gasteiger partial charge in [0.15, 0.2) is 5.65 Å². The molecule has 1 atom stereocenters. The maximum Gasteiger partial charge on any atom is 0.355 e. The van der Waals surface area contributed by atoms with E-state index in [1.807, 2.05) is 19.1 Å². The third kappa shape index (κ3) is 4.45. The van der Waals surface area contributed by atoms with Crippen LogP contribution < -0.4 is 15.5 Å². The number of para-hydroxylation sites is 1. The molecule has 8 nitrogen and oxygen atoms in total. The number of aromatic nitrogens is 3. The standard InChI is InChI=1S/C29H35ClN6O2/c1-6-20-10-9-11-21(7-2)25(20)36-27-22(14-23(30)28(31-27)34-15-18(4)16-34)26(32-29(36)38)35-13-12-33(17-19(35)5)24(37)8-3/h8-11,14,18-19H,3,6-7,12-13,15-17H2,1-2,4-5H3/t19-/m0/s1. The molecular formula is C29H35ClN6O2. The van der Waals surface area contributed by atoms with Gasteiger partial charge in [-0.3, -0.25) is 4.79 Å². The molecule has 0 bridgehead atoms. The Morgan fingerprint density at radius 1 is 1.08 bits per heavy atom. The molecule has 4 heterocycles. The average Bonchev–Trinajstić information content (AvgIpc) is 2.90. The first kappa shape index (κ1) is 26.2. The molecule has 0 unspecified atom stereocenters. The number of hydrogen-bond donors (Lipinski definition) is 0. The van der Waals surface area contributed by atoms with Crippen LogP contribution >= 0.6 is 11.6 Å². The molecule has 5 rings (SSSR count). The molecule has 3 aromatic rings. The SMILES string of the molecule is C=CC(=O)N1CCN(c2nc(=O)n(-c3c(CC)cccc3CC)c3nc(N4CC(C)C4)c(Cl)cc23)[C@@H](C)C1. The van der Waals surface area contributed by atoms with Gasteiger partial charge in [0.2, 0.25) is 5.91 Å². The highest BCUT2D eigenvalue weighted by Crippen LogP contribution is 2.36. The minimum atomic E-state index is -0.363. The molecule has 0 N–H and O–H groups in total. The van der Waals surface area contributed by atoms with E-state index in [2.05, 4.69) is 54.3 Å². The number of anilines is 2. The second-order valence-corrected chi connectivity index (χ2v) is 10.8. The predicted octanol–water partition coefficient (Wildman–Crippen LogP) is 4.24. The predicted molar refractivity (Wildman–Crippen MR) is 154 cm³/mol. The van der Waals surface area contributed by atoms with Gasteiger partial charge in [-0.05, 0) is 49.0 Å². The molecular weight excluding hydrogens is 500 g/mol. The molecule has 38 heavy (non-hydrogen) atoms. The molecule has 2 aromatic heterocycles. The minimum Gasteiger partial charge on any atom is -0.355 e. The van der Waals surface area contributed by atoms with E-state index in [-0.39, 0.29) is 17.6 Å². The number of rotatable bonds is 6. The summed E-state index contributed by atoms with van der Waals surface area (Å²) >= 11 is 6.84. The number of hydrogen-bond acceptors (Lipinski definition) is 6. The van der Waals surface area contributed by atoms with Crippen LogP contribution in [-0.2, 0) is 17.6 Å². The summed E-state index contributed by atoms with van der Waals surface area (Å²) in [7, 11) is 0. The summed E-state index contributed by atoms with van der Waals surface area (Å²) in [6, 6.07) is 8.02. The van der Waals surface area contributed by atoms with E-state index in [9.17, 15) is 9.59 Å². The summed E-state index contributed by atoms with van der Waals surface area (Å²) in [6.45, 7) is 15.4.